The Morgan fingerprint density at radius 1 is 1.36 bits per heavy atom. The maximum absolute atomic E-state index is 12.7. The van der Waals surface area contributed by atoms with E-state index in [0.717, 1.165) is 10.4 Å². The fraction of sp³-hybridized carbons (Fsp3) is 0.235. The van der Waals surface area contributed by atoms with Crippen LogP contribution in [-0.4, -0.2) is 20.7 Å². The van der Waals surface area contributed by atoms with E-state index >= 15 is 0 Å². The molecule has 0 saturated heterocycles. The fourth-order valence-electron chi connectivity index (χ4n) is 2.55. The van der Waals surface area contributed by atoms with Crippen LogP contribution in [0.2, 0.25) is 5.02 Å². The van der Waals surface area contributed by atoms with Crippen LogP contribution in [0.5, 0.6) is 0 Å². The van der Waals surface area contributed by atoms with Crippen LogP contribution >= 0.6 is 35.2 Å². The van der Waals surface area contributed by atoms with Gasteiger partial charge in [-0.05, 0) is 55.2 Å². The van der Waals surface area contributed by atoms with E-state index in [4.69, 9.17) is 23.8 Å². The predicted octanol–water partition coefficient (Wildman–Crippen LogP) is 4.76. The zero-order valence-electron chi connectivity index (χ0n) is 13.7. The highest BCUT2D eigenvalue weighted by Crippen LogP contribution is 2.26. The van der Waals surface area contributed by atoms with Crippen molar-refractivity contribution in [2.75, 3.05) is 0 Å². The van der Waals surface area contributed by atoms with E-state index in [2.05, 4.69) is 15.5 Å². The van der Waals surface area contributed by atoms with Gasteiger partial charge in [-0.25, -0.2) is 0 Å². The minimum absolute atomic E-state index is 0.136. The standard InChI is InChI=1S/C17H17ClN4OS2/c1-10(12-5-3-6-13(18)9-12)19-16(23)11(2)22-15(20-21-17(22)24)14-7-4-8-25-14/h3-11H,1-2H3,(H,19,23)(H,21,24). The molecule has 8 heteroatoms. The zero-order chi connectivity index (χ0) is 18.0. The lowest BCUT2D eigenvalue weighted by atomic mass is 10.1. The second-order valence-electron chi connectivity index (χ2n) is 5.66. The summed E-state index contributed by atoms with van der Waals surface area (Å²) >= 11 is 12.9. The van der Waals surface area contributed by atoms with Crippen molar-refractivity contribution < 1.29 is 4.79 Å². The van der Waals surface area contributed by atoms with Crippen molar-refractivity contribution in [2.45, 2.75) is 25.9 Å². The minimum atomic E-state index is -0.495. The Morgan fingerprint density at radius 3 is 2.84 bits per heavy atom. The molecule has 2 N–H and O–H groups in total. The summed E-state index contributed by atoms with van der Waals surface area (Å²) in [5, 5.41) is 12.7. The molecule has 2 heterocycles. The van der Waals surface area contributed by atoms with E-state index in [9.17, 15) is 4.79 Å². The summed E-state index contributed by atoms with van der Waals surface area (Å²) in [5.41, 5.74) is 0.947. The summed E-state index contributed by atoms with van der Waals surface area (Å²) in [5.74, 6) is 0.529. The van der Waals surface area contributed by atoms with E-state index in [0.29, 0.717) is 15.6 Å². The number of aromatic amines is 1. The number of carbonyl (C=O) groups excluding carboxylic acids is 1. The third-order valence-corrected chi connectivity index (χ3v) is 5.31. The molecule has 0 aliphatic carbocycles. The van der Waals surface area contributed by atoms with Crippen molar-refractivity contribution in [1.29, 1.82) is 0 Å². The van der Waals surface area contributed by atoms with Gasteiger partial charge in [0.1, 0.15) is 6.04 Å². The minimum Gasteiger partial charge on any atom is -0.348 e. The molecule has 2 unspecified atom stereocenters. The monoisotopic (exact) mass is 392 g/mol. The van der Waals surface area contributed by atoms with Crippen molar-refractivity contribution >= 4 is 41.1 Å². The topological polar surface area (TPSA) is 62.7 Å². The number of nitrogens with zero attached hydrogens (tertiary/aromatic N) is 2. The Balaban J connectivity index is 1.82. The molecule has 25 heavy (non-hydrogen) atoms. The largest absolute Gasteiger partial charge is 0.348 e. The third kappa shape index (κ3) is 3.84. The van der Waals surface area contributed by atoms with Crippen LogP contribution in [0.15, 0.2) is 41.8 Å². The molecule has 5 nitrogen and oxygen atoms in total. The lowest BCUT2D eigenvalue weighted by Crippen LogP contribution is -2.33. The number of halogens is 1. The van der Waals surface area contributed by atoms with Gasteiger partial charge in [0.25, 0.3) is 0 Å². The number of nitrogens with one attached hydrogen (secondary N) is 2. The van der Waals surface area contributed by atoms with Gasteiger partial charge in [0.2, 0.25) is 5.91 Å². The van der Waals surface area contributed by atoms with Crippen LogP contribution < -0.4 is 5.32 Å². The first-order valence-electron chi connectivity index (χ1n) is 7.74. The van der Waals surface area contributed by atoms with Gasteiger partial charge in [-0.3, -0.25) is 14.5 Å². The van der Waals surface area contributed by atoms with E-state index in [1.807, 2.05) is 49.6 Å². The van der Waals surface area contributed by atoms with Crippen LogP contribution in [0.4, 0.5) is 0 Å². The molecule has 0 spiro atoms. The maximum Gasteiger partial charge on any atom is 0.243 e. The van der Waals surface area contributed by atoms with Crippen LogP contribution in [0.1, 0.15) is 31.5 Å². The number of H-pyrrole nitrogens is 1. The quantitative estimate of drug-likeness (QED) is 0.615. The average Bonchev–Trinajstić information content (AvgIpc) is 3.23. The average molecular weight is 393 g/mol. The molecule has 0 saturated carbocycles. The molecule has 130 valence electrons. The summed E-state index contributed by atoms with van der Waals surface area (Å²) < 4.78 is 2.16. The number of hydrogen-bond donors (Lipinski definition) is 2. The molecule has 1 aromatic carbocycles. The first kappa shape index (κ1) is 17.8. The lowest BCUT2D eigenvalue weighted by Gasteiger charge is -2.19. The molecule has 0 radical (unpaired) electrons. The molecule has 3 rings (SSSR count). The van der Waals surface area contributed by atoms with Crippen molar-refractivity contribution in [3.8, 4) is 10.7 Å². The van der Waals surface area contributed by atoms with E-state index in [1.165, 1.54) is 0 Å². The number of rotatable bonds is 5. The second-order valence-corrected chi connectivity index (χ2v) is 7.43. The highest BCUT2D eigenvalue weighted by Gasteiger charge is 2.22. The van der Waals surface area contributed by atoms with Gasteiger partial charge in [0.15, 0.2) is 10.6 Å². The highest BCUT2D eigenvalue weighted by atomic mass is 35.5. The molecule has 2 aromatic heterocycles. The van der Waals surface area contributed by atoms with Gasteiger partial charge in [-0.2, -0.15) is 5.10 Å². The molecule has 0 bridgehead atoms. The van der Waals surface area contributed by atoms with Gasteiger partial charge in [-0.1, -0.05) is 29.8 Å². The molecule has 0 aliphatic heterocycles. The maximum atomic E-state index is 12.7. The number of hydrogen-bond acceptors (Lipinski definition) is 4. The SMILES string of the molecule is CC(NC(=O)C(C)n1c(-c2cccs2)n[nH]c1=S)c1cccc(Cl)c1. The van der Waals surface area contributed by atoms with E-state index < -0.39 is 6.04 Å². The van der Waals surface area contributed by atoms with Crippen LogP contribution in [0.3, 0.4) is 0 Å². The van der Waals surface area contributed by atoms with Crippen molar-refractivity contribution in [3.63, 3.8) is 0 Å². The Kier molecular flexibility index (Phi) is 5.36. The lowest BCUT2D eigenvalue weighted by molar-refractivity contribution is -0.124. The molecule has 0 aliphatic rings. The fourth-order valence-corrected chi connectivity index (χ4v) is 3.75. The Bertz CT molecular complexity index is 932. The Hall–Kier alpha value is -1.96. The van der Waals surface area contributed by atoms with Crippen molar-refractivity contribution in [2.24, 2.45) is 0 Å². The number of amides is 1. The zero-order valence-corrected chi connectivity index (χ0v) is 16.1. The molecular formula is C17H17ClN4OS2. The summed E-state index contributed by atoms with van der Waals surface area (Å²) in [7, 11) is 0. The molecular weight excluding hydrogens is 376 g/mol. The van der Waals surface area contributed by atoms with Gasteiger partial charge >= 0.3 is 0 Å². The summed E-state index contributed by atoms with van der Waals surface area (Å²) in [6.07, 6.45) is 0. The van der Waals surface area contributed by atoms with Crippen molar-refractivity contribution in [3.05, 3.63) is 57.1 Å². The van der Waals surface area contributed by atoms with Crippen LogP contribution in [0.25, 0.3) is 10.7 Å². The summed E-state index contributed by atoms with van der Waals surface area (Å²) in [6, 6.07) is 10.7. The van der Waals surface area contributed by atoms with E-state index in [-0.39, 0.29) is 11.9 Å². The second kappa shape index (κ2) is 7.51. The van der Waals surface area contributed by atoms with Gasteiger partial charge < -0.3 is 5.32 Å². The van der Waals surface area contributed by atoms with Gasteiger partial charge in [0, 0.05) is 5.02 Å². The summed E-state index contributed by atoms with van der Waals surface area (Å²) in [6.45, 7) is 3.73. The third-order valence-electron chi connectivity index (χ3n) is 3.92. The number of aromatic nitrogens is 3. The Labute approximate surface area is 159 Å². The highest BCUT2D eigenvalue weighted by molar-refractivity contribution is 7.71. The Morgan fingerprint density at radius 2 is 2.16 bits per heavy atom. The molecule has 3 aromatic rings. The molecule has 1 amide bonds. The number of carbonyl (C=O) groups is 1. The molecule has 0 fully saturated rings. The number of benzene rings is 1. The smallest absolute Gasteiger partial charge is 0.243 e. The first-order valence-corrected chi connectivity index (χ1v) is 9.40. The summed E-state index contributed by atoms with van der Waals surface area (Å²) in [4.78, 5) is 13.7. The normalized spacial score (nSPS) is 13.4. The number of thiophene rings is 1. The predicted molar refractivity (Wildman–Crippen MR) is 103 cm³/mol. The van der Waals surface area contributed by atoms with Gasteiger partial charge in [0.05, 0.1) is 10.9 Å². The van der Waals surface area contributed by atoms with Crippen LogP contribution in [-0.2, 0) is 4.79 Å². The first-order chi connectivity index (χ1) is 12.0. The molecule has 2 atom stereocenters. The van der Waals surface area contributed by atoms with Gasteiger partial charge in [-0.15, -0.1) is 11.3 Å². The van der Waals surface area contributed by atoms with E-state index in [1.54, 1.807) is 22.0 Å². The van der Waals surface area contributed by atoms with Crippen molar-refractivity contribution in [1.82, 2.24) is 20.1 Å². The van der Waals surface area contributed by atoms with Crippen LogP contribution in [0, 0.1) is 4.77 Å².